The molecule has 0 aliphatic carbocycles. The first-order chi connectivity index (χ1) is 13.2. The maximum atomic E-state index is 12.3. The Morgan fingerprint density at radius 1 is 1.04 bits per heavy atom. The highest BCUT2D eigenvalue weighted by molar-refractivity contribution is 7.89. The Hall–Kier alpha value is -2.91. The van der Waals surface area contributed by atoms with Gasteiger partial charge in [-0.1, -0.05) is 6.07 Å². The lowest BCUT2D eigenvalue weighted by atomic mass is 10.2. The normalized spacial score (nSPS) is 11.0. The van der Waals surface area contributed by atoms with Crippen LogP contribution in [0.15, 0.2) is 47.4 Å². The minimum atomic E-state index is -3.76. The van der Waals surface area contributed by atoms with Crippen LogP contribution in [0.2, 0.25) is 0 Å². The summed E-state index contributed by atoms with van der Waals surface area (Å²) in [5.41, 5.74) is 1.99. The number of amides is 2. The molecular formula is C19H23N3O5S. The first-order valence-electron chi connectivity index (χ1n) is 8.53. The molecular weight excluding hydrogens is 382 g/mol. The van der Waals surface area contributed by atoms with Crippen molar-refractivity contribution in [2.45, 2.75) is 25.2 Å². The van der Waals surface area contributed by atoms with Crippen LogP contribution in [0.1, 0.15) is 18.9 Å². The number of methoxy groups -OCH3 is 1. The quantitative estimate of drug-likeness (QED) is 0.623. The van der Waals surface area contributed by atoms with Crippen molar-refractivity contribution in [3.05, 3.63) is 48.0 Å². The van der Waals surface area contributed by atoms with E-state index in [1.165, 1.54) is 38.3 Å². The van der Waals surface area contributed by atoms with Gasteiger partial charge >= 0.3 is 0 Å². The number of carbonyl (C=O) groups is 2. The van der Waals surface area contributed by atoms with Gasteiger partial charge in [0.1, 0.15) is 5.75 Å². The lowest BCUT2D eigenvalue weighted by molar-refractivity contribution is -0.116. The maximum absolute atomic E-state index is 12.3. The number of ether oxygens (including phenoxy) is 1. The fourth-order valence-electron chi connectivity index (χ4n) is 2.44. The summed E-state index contributed by atoms with van der Waals surface area (Å²) in [6.07, 6.45) is -0.0414. The SMILES string of the molecule is COc1ccc(C)cc1NC(=O)CCNS(=O)(=O)c1ccc(NC(C)=O)cc1. The second kappa shape index (κ2) is 9.34. The van der Waals surface area contributed by atoms with Crippen molar-refractivity contribution in [3.8, 4) is 5.75 Å². The van der Waals surface area contributed by atoms with Gasteiger partial charge in [0, 0.05) is 25.6 Å². The molecule has 2 amide bonds. The predicted molar refractivity (Wildman–Crippen MR) is 107 cm³/mol. The number of anilines is 2. The molecule has 0 spiro atoms. The summed E-state index contributed by atoms with van der Waals surface area (Å²) in [5, 5.41) is 5.28. The van der Waals surface area contributed by atoms with Gasteiger partial charge in [0.25, 0.3) is 0 Å². The van der Waals surface area contributed by atoms with Crippen molar-refractivity contribution in [1.82, 2.24) is 4.72 Å². The van der Waals surface area contributed by atoms with E-state index in [9.17, 15) is 18.0 Å². The summed E-state index contributed by atoms with van der Waals surface area (Å²) in [6, 6.07) is 11.1. The monoisotopic (exact) mass is 405 g/mol. The molecule has 0 bridgehead atoms. The molecule has 2 aromatic rings. The summed E-state index contributed by atoms with van der Waals surface area (Å²) in [4.78, 5) is 23.2. The Kier molecular flexibility index (Phi) is 7.13. The minimum Gasteiger partial charge on any atom is -0.495 e. The number of hydrogen-bond donors (Lipinski definition) is 3. The summed E-state index contributed by atoms with van der Waals surface area (Å²) < 4.78 is 32.2. The molecule has 2 aromatic carbocycles. The van der Waals surface area contributed by atoms with E-state index in [-0.39, 0.29) is 29.7 Å². The van der Waals surface area contributed by atoms with Crippen molar-refractivity contribution in [3.63, 3.8) is 0 Å². The third kappa shape index (κ3) is 6.07. The molecule has 0 heterocycles. The average molecular weight is 405 g/mol. The molecule has 3 N–H and O–H groups in total. The number of aryl methyl sites for hydroxylation is 1. The standard InChI is InChI=1S/C19H23N3O5S/c1-13-4-9-18(27-3)17(12-13)22-19(24)10-11-20-28(25,26)16-7-5-15(6-8-16)21-14(2)23/h4-9,12,20H,10-11H2,1-3H3,(H,21,23)(H,22,24). The Morgan fingerprint density at radius 3 is 2.32 bits per heavy atom. The van der Waals surface area contributed by atoms with E-state index in [0.29, 0.717) is 17.1 Å². The molecule has 0 unspecified atom stereocenters. The molecule has 0 radical (unpaired) electrons. The second-order valence-corrected chi connectivity index (χ2v) is 7.87. The van der Waals surface area contributed by atoms with Gasteiger partial charge in [0.15, 0.2) is 0 Å². The first kappa shape index (κ1) is 21.4. The van der Waals surface area contributed by atoms with Crippen LogP contribution in [0, 0.1) is 6.92 Å². The van der Waals surface area contributed by atoms with E-state index >= 15 is 0 Å². The first-order valence-corrected chi connectivity index (χ1v) is 10.0. The van der Waals surface area contributed by atoms with Gasteiger partial charge in [0.2, 0.25) is 21.8 Å². The summed E-state index contributed by atoms with van der Waals surface area (Å²) >= 11 is 0. The molecule has 28 heavy (non-hydrogen) atoms. The molecule has 150 valence electrons. The van der Waals surface area contributed by atoms with Gasteiger partial charge in [-0.25, -0.2) is 13.1 Å². The van der Waals surface area contributed by atoms with E-state index in [2.05, 4.69) is 15.4 Å². The number of hydrogen-bond acceptors (Lipinski definition) is 5. The van der Waals surface area contributed by atoms with Crippen molar-refractivity contribution in [2.24, 2.45) is 0 Å². The number of rotatable bonds is 8. The number of nitrogens with one attached hydrogen (secondary N) is 3. The van der Waals surface area contributed by atoms with Crippen molar-refractivity contribution in [1.29, 1.82) is 0 Å². The zero-order valence-electron chi connectivity index (χ0n) is 15.9. The second-order valence-electron chi connectivity index (χ2n) is 6.11. The van der Waals surface area contributed by atoms with Crippen molar-refractivity contribution < 1.29 is 22.7 Å². The van der Waals surface area contributed by atoms with Crippen LogP contribution in [0.4, 0.5) is 11.4 Å². The van der Waals surface area contributed by atoms with E-state index < -0.39 is 10.0 Å². The molecule has 0 saturated heterocycles. The van der Waals surface area contributed by atoms with Gasteiger partial charge in [-0.15, -0.1) is 0 Å². The van der Waals surface area contributed by atoms with E-state index in [1.54, 1.807) is 12.1 Å². The van der Waals surface area contributed by atoms with Crippen LogP contribution in [-0.4, -0.2) is 33.9 Å². The van der Waals surface area contributed by atoms with Crippen LogP contribution in [0.3, 0.4) is 0 Å². The number of benzene rings is 2. The lowest BCUT2D eigenvalue weighted by Crippen LogP contribution is -2.28. The molecule has 0 atom stereocenters. The fourth-order valence-corrected chi connectivity index (χ4v) is 3.47. The molecule has 0 aromatic heterocycles. The fraction of sp³-hybridized carbons (Fsp3) is 0.263. The van der Waals surface area contributed by atoms with Crippen molar-refractivity contribution in [2.75, 3.05) is 24.3 Å². The molecule has 0 aliphatic heterocycles. The highest BCUT2D eigenvalue weighted by Gasteiger charge is 2.15. The van der Waals surface area contributed by atoms with E-state index in [1.807, 2.05) is 13.0 Å². The predicted octanol–water partition coefficient (Wildman–Crippen LogP) is 2.27. The zero-order chi connectivity index (χ0) is 20.7. The average Bonchev–Trinajstić information content (AvgIpc) is 2.61. The summed E-state index contributed by atoms with van der Waals surface area (Å²) in [6.45, 7) is 3.19. The third-order valence-corrected chi connectivity index (χ3v) is 5.24. The molecule has 9 heteroatoms. The van der Waals surface area contributed by atoms with E-state index in [0.717, 1.165) is 5.56 Å². The lowest BCUT2D eigenvalue weighted by Gasteiger charge is -2.11. The molecule has 0 saturated carbocycles. The molecule has 0 fully saturated rings. The Morgan fingerprint density at radius 2 is 1.71 bits per heavy atom. The third-order valence-electron chi connectivity index (χ3n) is 3.76. The van der Waals surface area contributed by atoms with E-state index in [4.69, 9.17) is 4.74 Å². The van der Waals surface area contributed by atoms with Crippen LogP contribution in [0.25, 0.3) is 0 Å². The summed E-state index contributed by atoms with van der Waals surface area (Å²) in [5.74, 6) is -0.0589. The summed E-state index contributed by atoms with van der Waals surface area (Å²) in [7, 11) is -2.26. The molecule has 0 aliphatic rings. The smallest absolute Gasteiger partial charge is 0.240 e. The Bertz CT molecular complexity index is 956. The Labute approximate surface area is 164 Å². The minimum absolute atomic E-state index is 0.0414. The zero-order valence-corrected chi connectivity index (χ0v) is 16.7. The number of sulfonamides is 1. The number of carbonyl (C=O) groups excluding carboxylic acids is 2. The van der Waals surface area contributed by atoms with Gasteiger partial charge in [-0.3, -0.25) is 9.59 Å². The van der Waals surface area contributed by atoms with Crippen LogP contribution >= 0.6 is 0 Å². The largest absolute Gasteiger partial charge is 0.495 e. The van der Waals surface area contributed by atoms with Gasteiger partial charge in [-0.05, 0) is 48.9 Å². The maximum Gasteiger partial charge on any atom is 0.240 e. The topological polar surface area (TPSA) is 114 Å². The molecule has 8 nitrogen and oxygen atoms in total. The van der Waals surface area contributed by atoms with Crippen LogP contribution in [-0.2, 0) is 19.6 Å². The van der Waals surface area contributed by atoms with Gasteiger partial charge < -0.3 is 15.4 Å². The Balaban J connectivity index is 1.92. The van der Waals surface area contributed by atoms with Crippen LogP contribution in [0.5, 0.6) is 5.75 Å². The van der Waals surface area contributed by atoms with Crippen LogP contribution < -0.4 is 20.1 Å². The highest BCUT2D eigenvalue weighted by Crippen LogP contribution is 2.25. The molecule has 2 rings (SSSR count). The van der Waals surface area contributed by atoms with Crippen molar-refractivity contribution >= 4 is 33.2 Å². The highest BCUT2D eigenvalue weighted by atomic mass is 32.2. The van der Waals surface area contributed by atoms with Gasteiger partial charge in [0.05, 0.1) is 17.7 Å². The van der Waals surface area contributed by atoms with Gasteiger partial charge in [-0.2, -0.15) is 0 Å².